The molecular weight excluding hydrogens is 232 g/mol. The minimum Gasteiger partial charge on any atom is -0.508 e. The first-order valence-corrected chi connectivity index (χ1v) is 5.32. The Bertz CT molecular complexity index is 483. The maximum absolute atomic E-state index is 8.99. The molecule has 0 saturated heterocycles. The summed E-state index contributed by atoms with van der Waals surface area (Å²) in [4.78, 5) is 0. The highest BCUT2D eigenvalue weighted by atomic mass is 16.5. The SMILES string of the molecule is COc1cccc(O)c1.COc1ccccc1O. The zero-order valence-corrected chi connectivity index (χ0v) is 10.3. The van der Waals surface area contributed by atoms with Crippen molar-refractivity contribution in [3.05, 3.63) is 48.5 Å². The summed E-state index contributed by atoms with van der Waals surface area (Å²) in [5, 5.41) is 17.8. The predicted octanol–water partition coefficient (Wildman–Crippen LogP) is 2.80. The minimum absolute atomic E-state index is 0.181. The Hall–Kier alpha value is -2.36. The highest BCUT2D eigenvalue weighted by Gasteiger charge is 1.94. The van der Waals surface area contributed by atoms with Gasteiger partial charge in [-0.15, -0.1) is 0 Å². The van der Waals surface area contributed by atoms with Gasteiger partial charge in [-0.3, -0.25) is 0 Å². The molecule has 0 aliphatic carbocycles. The van der Waals surface area contributed by atoms with Crippen molar-refractivity contribution in [2.45, 2.75) is 0 Å². The van der Waals surface area contributed by atoms with E-state index in [1.54, 1.807) is 55.6 Å². The number of methoxy groups -OCH3 is 2. The maximum atomic E-state index is 8.99. The van der Waals surface area contributed by atoms with Gasteiger partial charge in [-0.1, -0.05) is 18.2 Å². The van der Waals surface area contributed by atoms with E-state index in [-0.39, 0.29) is 11.5 Å². The van der Waals surface area contributed by atoms with Gasteiger partial charge >= 0.3 is 0 Å². The van der Waals surface area contributed by atoms with Crippen LogP contribution in [0.3, 0.4) is 0 Å². The van der Waals surface area contributed by atoms with Gasteiger partial charge in [-0.25, -0.2) is 0 Å². The summed E-state index contributed by atoms with van der Waals surface area (Å²) in [6.07, 6.45) is 0. The van der Waals surface area contributed by atoms with Crippen molar-refractivity contribution < 1.29 is 19.7 Å². The van der Waals surface area contributed by atoms with E-state index in [1.807, 2.05) is 0 Å². The molecule has 0 fully saturated rings. The second kappa shape index (κ2) is 7.06. The lowest BCUT2D eigenvalue weighted by atomic mass is 10.3. The molecule has 0 amide bonds. The first-order valence-electron chi connectivity index (χ1n) is 5.32. The molecule has 0 bridgehead atoms. The largest absolute Gasteiger partial charge is 0.508 e. The average Bonchev–Trinajstić information content (AvgIpc) is 2.40. The average molecular weight is 248 g/mol. The predicted molar refractivity (Wildman–Crippen MR) is 69.3 cm³/mol. The molecule has 0 saturated carbocycles. The van der Waals surface area contributed by atoms with E-state index < -0.39 is 0 Å². The number of aromatic hydroxyl groups is 2. The molecule has 2 rings (SSSR count). The molecule has 0 heterocycles. The van der Waals surface area contributed by atoms with E-state index in [1.165, 1.54) is 7.11 Å². The van der Waals surface area contributed by atoms with Crippen molar-refractivity contribution >= 4 is 0 Å². The van der Waals surface area contributed by atoms with Gasteiger partial charge in [0.2, 0.25) is 0 Å². The normalized spacial score (nSPS) is 9.00. The van der Waals surface area contributed by atoms with Crippen LogP contribution in [0.5, 0.6) is 23.0 Å². The summed E-state index contributed by atoms with van der Waals surface area (Å²) in [6.45, 7) is 0. The number of ether oxygens (including phenoxy) is 2. The zero-order valence-electron chi connectivity index (χ0n) is 10.3. The summed E-state index contributed by atoms with van der Waals surface area (Å²) in [5.74, 6) is 1.60. The Kier molecular flexibility index (Phi) is 5.38. The van der Waals surface area contributed by atoms with Crippen LogP contribution in [0.1, 0.15) is 0 Å². The molecule has 0 aliphatic rings. The highest BCUT2D eigenvalue weighted by Crippen LogP contribution is 2.23. The quantitative estimate of drug-likeness (QED) is 0.858. The van der Waals surface area contributed by atoms with Gasteiger partial charge in [0.25, 0.3) is 0 Å². The second-order valence-corrected chi connectivity index (χ2v) is 3.37. The van der Waals surface area contributed by atoms with Gasteiger partial charge < -0.3 is 19.7 Å². The van der Waals surface area contributed by atoms with Crippen LogP contribution >= 0.6 is 0 Å². The highest BCUT2D eigenvalue weighted by molar-refractivity contribution is 5.37. The summed E-state index contributed by atoms with van der Waals surface area (Å²) < 4.78 is 9.63. The van der Waals surface area contributed by atoms with E-state index >= 15 is 0 Å². The zero-order chi connectivity index (χ0) is 13.4. The van der Waals surface area contributed by atoms with Crippen LogP contribution in [0.2, 0.25) is 0 Å². The van der Waals surface area contributed by atoms with E-state index in [4.69, 9.17) is 19.7 Å². The topological polar surface area (TPSA) is 58.9 Å². The fraction of sp³-hybridized carbons (Fsp3) is 0.143. The first kappa shape index (κ1) is 13.7. The number of para-hydroxylation sites is 2. The number of hydrogen-bond acceptors (Lipinski definition) is 4. The van der Waals surface area contributed by atoms with Crippen LogP contribution < -0.4 is 9.47 Å². The lowest BCUT2D eigenvalue weighted by Gasteiger charge is -1.99. The van der Waals surface area contributed by atoms with Gasteiger partial charge in [0.15, 0.2) is 11.5 Å². The van der Waals surface area contributed by atoms with Crippen LogP contribution in [0.15, 0.2) is 48.5 Å². The van der Waals surface area contributed by atoms with E-state index in [2.05, 4.69) is 0 Å². The van der Waals surface area contributed by atoms with Crippen molar-refractivity contribution in [1.82, 2.24) is 0 Å². The van der Waals surface area contributed by atoms with Crippen molar-refractivity contribution in [2.24, 2.45) is 0 Å². The Morgan fingerprint density at radius 2 is 1.56 bits per heavy atom. The molecule has 0 unspecified atom stereocenters. The number of phenols is 2. The van der Waals surface area contributed by atoms with E-state index in [0.717, 1.165) is 0 Å². The third-order valence-corrected chi connectivity index (χ3v) is 2.14. The second-order valence-electron chi connectivity index (χ2n) is 3.37. The van der Waals surface area contributed by atoms with Gasteiger partial charge in [0.05, 0.1) is 14.2 Å². The van der Waals surface area contributed by atoms with E-state index in [0.29, 0.717) is 11.5 Å². The number of hydrogen-bond donors (Lipinski definition) is 2. The smallest absolute Gasteiger partial charge is 0.160 e. The van der Waals surface area contributed by atoms with Crippen LogP contribution in [-0.4, -0.2) is 24.4 Å². The first-order chi connectivity index (χ1) is 8.67. The molecule has 96 valence electrons. The molecule has 0 spiro atoms. The van der Waals surface area contributed by atoms with Gasteiger partial charge in [-0.2, -0.15) is 0 Å². The molecule has 0 aromatic heterocycles. The van der Waals surface area contributed by atoms with Gasteiger partial charge in [0, 0.05) is 6.07 Å². The summed E-state index contributed by atoms with van der Waals surface area (Å²) in [7, 11) is 3.09. The number of phenolic OH excluding ortho intramolecular Hbond substituents is 2. The molecule has 4 nitrogen and oxygen atoms in total. The monoisotopic (exact) mass is 248 g/mol. The molecule has 0 radical (unpaired) electrons. The standard InChI is InChI=1S/2C7H8O2/c1-9-7-4-2-3-6(8)5-7;1-9-7-5-3-2-4-6(7)8/h2*2-5,8H,1H3. The summed E-state index contributed by atoms with van der Waals surface area (Å²) in [6, 6.07) is 13.5. The molecule has 2 aromatic rings. The molecule has 2 N–H and O–H groups in total. The van der Waals surface area contributed by atoms with Crippen molar-refractivity contribution in [3.8, 4) is 23.0 Å². The fourth-order valence-corrected chi connectivity index (χ4v) is 1.24. The van der Waals surface area contributed by atoms with Crippen molar-refractivity contribution in [3.63, 3.8) is 0 Å². The summed E-state index contributed by atoms with van der Waals surface area (Å²) in [5.41, 5.74) is 0. The molecular formula is C14H16O4. The van der Waals surface area contributed by atoms with Crippen LogP contribution in [0.4, 0.5) is 0 Å². The van der Waals surface area contributed by atoms with E-state index in [9.17, 15) is 0 Å². The molecule has 0 atom stereocenters. The third-order valence-electron chi connectivity index (χ3n) is 2.14. The molecule has 4 heteroatoms. The van der Waals surface area contributed by atoms with Gasteiger partial charge in [-0.05, 0) is 24.3 Å². The minimum atomic E-state index is 0.181. The van der Waals surface area contributed by atoms with Crippen molar-refractivity contribution in [1.29, 1.82) is 0 Å². The summed E-state index contributed by atoms with van der Waals surface area (Å²) >= 11 is 0. The number of rotatable bonds is 2. The Morgan fingerprint density at radius 3 is 2.00 bits per heavy atom. The number of benzene rings is 2. The third kappa shape index (κ3) is 4.25. The van der Waals surface area contributed by atoms with Crippen LogP contribution in [0, 0.1) is 0 Å². The van der Waals surface area contributed by atoms with Crippen LogP contribution in [-0.2, 0) is 0 Å². The molecule has 18 heavy (non-hydrogen) atoms. The maximum Gasteiger partial charge on any atom is 0.160 e. The van der Waals surface area contributed by atoms with Gasteiger partial charge in [0.1, 0.15) is 11.5 Å². The van der Waals surface area contributed by atoms with Crippen LogP contribution in [0.25, 0.3) is 0 Å². The Morgan fingerprint density at radius 1 is 0.833 bits per heavy atom. The van der Waals surface area contributed by atoms with Crippen molar-refractivity contribution in [2.75, 3.05) is 14.2 Å². The molecule has 0 aliphatic heterocycles. The lowest BCUT2D eigenvalue weighted by Crippen LogP contribution is -1.80. The molecule has 2 aromatic carbocycles. The Balaban J connectivity index is 0.000000180. The fourth-order valence-electron chi connectivity index (χ4n) is 1.24. The lowest BCUT2D eigenvalue weighted by molar-refractivity contribution is 0.373. The Labute approximate surface area is 106 Å².